The average Bonchev–Trinajstić information content (AvgIpc) is 2.93. The Kier molecular flexibility index (Phi) is 3.96. The molecule has 5 heteroatoms. The van der Waals surface area contributed by atoms with E-state index in [1.807, 2.05) is 66.5 Å². The normalized spacial score (nSPS) is 11.1. The number of hydrazone groups is 1. The second-order valence-electron chi connectivity index (χ2n) is 5.13. The van der Waals surface area contributed by atoms with Gasteiger partial charge in [-0.25, -0.2) is 5.43 Å². The summed E-state index contributed by atoms with van der Waals surface area (Å²) in [6.45, 7) is 2.25. The van der Waals surface area contributed by atoms with Crippen LogP contribution in [-0.2, 0) is 11.3 Å². The molecule has 0 unspecified atom stereocenters. The van der Waals surface area contributed by atoms with Crippen molar-refractivity contribution < 1.29 is 9.36 Å². The van der Waals surface area contributed by atoms with E-state index >= 15 is 0 Å². The minimum absolute atomic E-state index is 0.162. The van der Waals surface area contributed by atoms with E-state index in [9.17, 15) is 4.79 Å². The molecular weight excluding hydrogens is 276 g/mol. The summed E-state index contributed by atoms with van der Waals surface area (Å²) in [6, 6.07) is 11.9. The first-order valence-corrected chi connectivity index (χ1v) is 7.06. The number of aryl methyl sites for hydroxylation is 1. The lowest BCUT2D eigenvalue weighted by Gasteiger charge is -1.97. The van der Waals surface area contributed by atoms with Crippen LogP contribution in [0.3, 0.4) is 0 Å². The molecule has 0 bridgehead atoms. The van der Waals surface area contributed by atoms with Gasteiger partial charge in [-0.15, -0.1) is 0 Å². The molecule has 5 nitrogen and oxygen atoms in total. The first kappa shape index (κ1) is 14.0. The largest absolute Gasteiger partial charge is 0.361 e. The predicted molar refractivity (Wildman–Crippen MR) is 85.4 cm³/mol. The number of nitrogens with zero attached hydrogens (tertiary/aromatic N) is 2. The Morgan fingerprint density at radius 3 is 2.86 bits per heavy atom. The van der Waals surface area contributed by atoms with Crippen molar-refractivity contribution in [3.05, 3.63) is 66.1 Å². The number of aromatic nitrogens is 2. The highest BCUT2D eigenvalue weighted by atomic mass is 16.2. The maximum absolute atomic E-state index is 11.8. The summed E-state index contributed by atoms with van der Waals surface area (Å²) >= 11 is 0. The second-order valence-corrected chi connectivity index (χ2v) is 5.13. The van der Waals surface area contributed by atoms with Gasteiger partial charge in [0.15, 0.2) is 12.4 Å². The summed E-state index contributed by atoms with van der Waals surface area (Å²) in [5.41, 5.74) is 5.70. The van der Waals surface area contributed by atoms with Gasteiger partial charge in [0.05, 0.1) is 6.21 Å². The predicted octanol–water partition coefficient (Wildman–Crippen LogP) is 1.91. The number of carbonyl (C=O) groups excluding carboxylic acids is 1. The third-order valence-corrected chi connectivity index (χ3v) is 3.40. The maximum atomic E-state index is 11.8. The Labute approximate surface area is 128 Å². The average molecular weight is 293 g/mol. The molecule has 1 amide bonds. The molecule has 2 heterocycles. The lowest BCUT2D eigenvalue weighted by molar-refractivity contribution is -0.684. The first-order chi connectivity index (χ1) is 10.7. The Balaban J connectivity index is 1.62. The monoisotopic (exact) mass is 293 g/mol. The fourth-order valence-corrected chi connectivity index (χ4v) is 2.21. The zero-order valence-corrected chi connectivity index (χ0v) is 12.3. The Hall–Kier alpha value is -2.95. The summed E-state index contributed by atoms with van der Waals surface area (Å²) in [7, 11) is 0. The molecule has 0 aliphatic carbocycles. The quantitative estimate of drug-likeness (QED) is 0.431. The SMILES string of the molecule is Cc1cc[n+](CC(=O)N/N=C\c2c[nH]c3ccccc23)cc1. The lowest BCUT2D eigenvalue weighted by atomic mass is 10.2. The minimum atomic E-state index is -0.162. The van der Waals surface area contributed by atoms with Gasteiger partial charge in [0.2, 0.25) is 6.54 Å². The molecule has 2 aromatic heterocycles. The smallest absolute Gasteiger partial charge is 0.305 e. The molecule has 0 radical (unpaired) electrons. The minimum Gasteiger partial charge on any atom is -0.361 e. The number of carbonyl (C=O) groups is 1. The molecule has 0 saturated carbocycles. The van der Waals surface area contributed by atoms with Crippen LogP contribution in [0.4, 0.5) is 0 Å². The van der Waals surface area contributed by atoms with E-state index in [0.29, 0.717) is 0 Å². The van der Waals surface area contributed by atoms with Crippen LogP contribution in [0, 0.1) is 6.92 Å². The lowest BCUT2D eigenvalue weighted by Crippen LogP contribution is -2.41. The van der Waals surface area contributed by atoms with Gasteiger partial charge >= 0.3 is 5.91 Å². The summed E-state index contributed by atoms with van der Waals surface area (Å²) < 4.78 is 1.81. The van der Waals surface area contributed by atoms with Crippen molar-refractivity contribution >= 4 is 23.0 Å². The standard InChI is InChI=1S/C17H16N4O/c1-13-6-8-21(9-7-13)12-17(22)20-19-11-14-10-18-16-5-3-2-4-15(14)16/h2-11H,12H2,1H3,(H-,18,19,20,22)/p+1. The fraction of sp³-hybridized carbons (Fsp3) is 0.118. The topological polar surface area (TPSA) is 61.1 Å². The van der Waals surface area contributed by atoms with Crippen molar-refractivity contribution in [1.29, 1.82) is 0 Å². The van der Waals surface area contributed by atoms with E-state index in [1.54, 1.807) is 6.21 Å². The molecular formula is C17H17N4O+. The van der Waals surface area contributed by atoms with Crippen molar-refractivity contribution in [2.75, 3.05) is 0 Å². The van der Waals surface area contributed by atoms with Crippen molar-refractivity contribution in [2.45, 2.75) is 13.5 Å². The molecule has 0 spiro atoms. The Morgan fingerprint density at radius 1 is 1.27 bits per heavy atom. The molecule has 0 fully saturated rings. The molecule has 0 atom stereocenters. The number of pyridine rings is 1. The summed E-state index contributed by atoms with van der Waals surface area (Å²) in [5.74, 6) is -0.162. The van der Waals surface area contributed by atoms with Crippen molar-refractivity contribution in [2.24, 2.45) is 5.10 Å². The molecule has 22 heavy (non-hydrogen) atoms. The first-order valence-electron chi connectivity index (χ1n) is 7.06. The van der Waals surface area contributed by atoms with Crippen molar-refractivity contribution in [1.82, 2.24) is 10.4 Å². The van der Waals surface area contributed by atoms with Gasteiger partial charge in [-0.2, -0.15) is 9.67 Å². The molecule has 3 aromatic rings. The molecule has 0 aliphatic heterocycles. The van der Waals surface area contributed by atoms with Crippen LogP contribution < -0.4 is 9.99 Å². The number of aromatic amines is 1. The maximum Gasteiger partial charge on any atom is 0.305 e. The summed E-state index contributed by atoms with van der Waals surface area (Å²) in [5, 5.41) is 5.10. The third-order valence-electron chi connectivity index (χ3n) is 3.40. The van der Waals surface area contributed by atoms with Crippen LogP contribution in [0.25, 0.3) is 10.9 Å². The third kappa shape index (κ3) is 3.20. The van der Waals surface area contributed by atoms with Gasteiger partial charge in [0, 0.05) is 34.8 Å². The Morgan fingerprint density at radius 2 is 2.05 bits per heavy atom. The zero-order chi connectivity index (χ0) is 15.4. The van der Waals surface area contributed by atoms with Gasteiger partial charge in [-0.1, -0.05) is 18.2 Å². The number of amides is 1. The van der Waals surface area contributed by atoms with Gasteiger partial charge in [-0.3, -0.25) is 4.79 Å². The van der Waals surface area contributed by atoms with E-state index in [1.165, 1.54) is 0 Å². The summed E-state index contributed by atoms with van der Waals surface area (Å²) in [6.07, 6.45) is 7.27. The van der Waals surface area contributed by atoms with Crippen LogP contribution in [0.15, 0.2) is 60.1 Å². The second kappa shape index (κ2) is 6.22. The number of nitrogens with one attached hydrogen (secondary N) is 2. The van der Waals surface area contributed by atoms with Crippen LogP contribution in [0.2, 0.25) is 0 Å². The number of fused-ring (bicyclic) bond motifs is 1. The molecule has 2 N–H and O–H groups in total. The molecule has 110 valence electrons. The van der Waals surface area contributed by atoms with Gasteiger partial charge in [0.1, 0.15) is 0 Å². The highest BCUT2D eigenvalue weighted by molar-refractivity contribution is 5.99. The molecule has 3 rings (SSSR count). The number of hydrogen-bond acceptors (Lipinski definition) is 2. The molecule has 1 aromatic carbocycles. The number of benzene rings is 1. The fourth-order valence-electron chi connectivity index (χ4n) is 2.21. The van der Waals surface area contributed by atoms with Crippen LogP contribution in [0.1, 0.15) is 11.1 Å². The number of H-pyrrole nitrogens is 1. The van der Waals surface area contributed by atoms with Crippen LogP contribution in [0.5, 0.6) is 0 Å². The van der Waals surface area contributed by atoms with E-state index < -0.39 is 0 Å². The molecule has 0 aliphatic rings. The van der Waals surface area contributed by atoms with Crippen molar-refractivity contribution in [3.8, 4) is 0 Å². The van der Waals surface area contributed by atoms with E-state index in [4.69, 9.17) is 0 Å². The number of hydrogen-bond donors (Lipinski definition) is 2. The van der Waals surface area contributed by atoms with Gasteiger partial charge in [-0.05, 0) is 18.6 Å². The number of rotatable bonds is 4. The van der Waals surface area contributed by atoms with Gasteiger partial charge in [0.25, 0.3) is 0 Å². The van der Waals surface area contributed by atoms with Crippen LogP contribution >= 0.6 is 0 Å². The zero-order valence-electron chi connectivity index (χ0n) is 12.3. The van der Waals surface area contributed by atoms with E-state index in [-0.39, 0.29) is 12.5 Å². The highest BCUT2D eigenvalue weighted by Crippen LogP contribution is 2.15. The number of para-hydroxylation sites is 1. The van der Waals surface area contributed by atoms with Crippen molar-refractivity contribution in [3.63, 3.8) is 0 Å². The highest BCUT2D eigenvalue weighted by Gasteiger charge is 2.07. The Bertz CT molecular complexity index is 818. The van der Waals surface area contributed by atoms with E-state index in [0.717, 1.165) is 22.0 Å². The summed E-state index contributed by atoms with van der Waals surface area (Å²) in [4.78, 5) is 15.0. The van der Waals surface area contributed by atoms with Crippen LogP contribution in [-0.4, -0.2) is 17.1 Å². The molecule has 0 saturated heterocycles. The van der Waals surface area contributed by atoms with E-state index in [2.05, 4.69) is 15.5 Å². The van der Waals surface area contributed by atoms with Gasteiger partial charge < -0.3 is 4.98 Å².